The van der Waals surface area contributed by atoms with Gasteiger partial charge in [0.1, 0.15) is 24.4 Å². The number of rotatable bonds is 10. The summed E-state index contributed by atoms with van der Waals surface area (Å²) in [5.41, 5.74) is 0.322. The minimum atomic E-state index is -4.74. The van der Waals surface area contributed by atoms with Gasteiger partial charge in [-0.1, -0.05) is 55.0 Å². The molecule has 0 bridgehead atoms. The molecule has 0 aliphatic carbocycles. The van der Waals surface area contributed by atoms with Gasteiger partial charge in [0.2, 0.25) is 15.9 Å². The predicted molar refractivity (Wildman–Crippen MR) is 148 cm³/mol. The number of sulfonamides is 1. The molecule has 0 saturated carbocycles. The first-order valence-electron chi connectivity index (χ1n) is 13.3. The molecule has 224 valence electrons. The second-order valence-electron chi connectivity index (χ2n) is 9.86. The summed E-state index contributed by atoms with van der Waals surface area (Å²) >= 11 is 0. The molecule has 8 nitrogen and oxygen atoms in total. The van der Waals surface area contributed by atoms with E-state index < -0.39 is 50.6 Å². The number of alkyl halides is 3. The van der Waals surface area contributed by atoms with Crippen LogP contribution in [0.25, 0.3) is 0 Å². The lowest BCUT2D eigenvalue weighted by atomic mass is 10.0. The number of hydrogen-bond acceptors (Lipinski definition) is 6. The van der Waals surface area contributed by atoms with Crippen molar-refractivity contribution in [3.63, 3.8) is 0 Å². The highest BCUT2D eigenvalue weighted by molar-refractivity contribution is 7.89. The van der Waals surface area contributed by atoms with Gasteiger partial charge in [0.25, 0.3) is 0 Å². The molecule has 1 aliphatic heterocycles. The molecule has 1 amide bonds. The summed E-state index contributed by atoms with van der Waals surface area (Å²) in [6.45, 7) is -0.0909. The van der Waals surface area contributed by atoms with Crippen molar-refractivity contribution in [2.45, 2.75) is 55.4 Å². The van der Waals surface area contributed by atoms with Crippen LogP contribution in [0.5, 0.6) is 5.75 Å². The summed E-state index contributed by atoms with van der Waals surface area (Å²) in [5.74, 6) is -0.852. The van der Waals surface area contributed by atoms with E-state index in [4.69, 9.17) is 9.47 Å². The number of hydrogen-bond donors (Lipinski definition) is 1. The first kappa shape index (κ1) is 31.0. The maximum Gasteiger partial charge on any atom is 0.416 e. The van der Waals surface area contributed by atoms with Crippen LogP contribution in [-0.4, -0.2) is 50.3 Å². The normalized spacial score (nSPS) is 16.8. The molecule has 2 unspecified atom stereocenters. The number of methoxy groups -OCH3 is 1. The van der Waals surface area contributed by atoms with Crippen molar-refractivity contribution in [2.75, 3.05) is 13.7 Å². The van der Waals surface area contributed by atoms with Crippen LogP contribution in [0.1, 0.15) is 36.0 Å². The third-order valence-electron chi connectivity index (χ3n) is 6.95. The summed E-state index contributed by atoms with van der Waals surface area (Å²) in [4.78, 5) is 26.2. The quantitative estimate of drug-likeness (QED) is 0.336. The first-order chi connectivity index (χ1) is 20.0. The topological polar surface area (TPSA) is 102 Å². The van der Waals surface area contributed by atoms with Crippen molar-refractivity contribution in [1.29, 1.82) is 0 Å². The van der Waals surface area contributed by atoms with E-state index in [-0.39, 0.29) is 26.0 Å². The molecule has 1 fully saturated rings. The van der Waals surface area contributed by atoms with Gasteiger partial charge in [0.15, 0.2) is 0 Å². The SMILES string of the molecule is COc1ccc(CC(NC(=O)C2CCCCN2S(=O)(=O)c2cccc(C(F)(F)F)c2)C(=O)OCc2ccccc2)cc1. The zero-order chi connectivity index (χ0) is 30.3. The molecule has 3 aromatic carbocycles. The number of ether oxygens (including phenoxy) is 2. The average Bonchev–Trinajstić information content (AvgIpc) is 3.00. The number of halogens is 3. The lowest BCUT2D eigenvalue weighted by Gasteiger charge is -2.34. The Balaban J connectivity index is 1.56. The highest BCUT2D eigenvalue weighted by Crippen LogP contribution is 2.32. The molecule has 0 radical (unpaired) electrons. The van der Waals surface area contributed by atoms with E-state index in [1.807, 2.05) is 6.07 Å². The van der Waals surface area contributed by atoms with Crippen molar-refractivity contribution in [3.8, 4) is 5.75 Å². The Labute approximate surface area is 242 Å². The van der Waals surface area contributed by atoms with Gasteiger partial charge < -0.3 is 14.8 Å². The predicted octanol–water partition coefficient (Wildman–Crippen LogP) is 4.73. The van der Waals surface area contributed by atoms with Crippen LogP contribution >= 0.6 is 0 Å². The summed E-state index contributed by atoms with van der Waals surface area (Å²) < 4.78 is 78.4. The highest BCUT2D eigenvalue weighted by Gasteiger charge is 2.40. The fourth-order valence-corrected chi connectivity index (χ4v) is 6.41. The van der Waals surface area contributed by atoms with Gasteiger partial charge in [-0.3, -0.25) is 4.79 Å². The van der Waals surface area contributed by atoms with Gasteiger partial charge in [-0.15, -0.1) is 0 Å². The Hall–Kier alpha value is -3.90. The molecule has 12 heteroatoms. The first-order valence-corrected chi connectivity index (χ1v) is 14.8. The van der Waals surface area contributed by atoms with Crippen LogP contribution in [0.2, 0.25) is 0 Å². The molecule has 1 heterocycles. The Morgan fingerprint density at radius 1 is 0.976 bits per heavy atom. The van der Waals surface area contributed by atoms with Crippen molar-refractivity contribution < 1.29 is 40.7 Å². The van der Waals surface area contributed by atoms with Crippen molar-refractivity contribution in [2.24, 2.45) is 0 Å². The fourth-order valence-electron chi connectivity index (χ4n) is 4.71. The highest BCUT2D eigenvalue weighted by atomic mass is 32.2. The number of amides is 1. The number of nitrogens with zero attached hydrogens (tertiary/aromatic N) is 1. The summed E-state index contributed by atoms with van der Waals surface area (Å²) in [7, 11) is -2.95. The largest absolute Gasteiger partial charge is 0.497 e. The van der Waals surface area contributed by atoms with Gasteiger partial charge in [0.05, 0.1) is 17.6 Å². The monoisotopic (exact) mass is 604 g/mol. The molecule has 42 heavy (non-hydrogen) atoms. The van der Waals surface area contributed by atoms with E-state index in [0.29, 0.717) is 30.2 Å². The van der Waals surface area contributed by atoms with Crippen molar-refractivity contribution in [1.82, 2.24) is 9.62 Å². The standard InChI is InChI=1S/C30H31F3N2O6S/c1-40-24-15-13-21(14-16-24)18-26(29(37)41-20-22-8-3-2-4-9-22)34-28(36)27-12-5-6-17-35(27)42(38,39)25-11-7-10-23(19-25)30(31,32)33/h2-4,7-11,13-16,19,26-27H,5-6,12,17-18,20H2,1H3,(H,34,36). The summed E-state index contributed by atoms with van der Waals surface area (Å²) in [6, 6.07) is 16.9. The van der Waals surface area contributed by atoms with Crippen LogP contribution in [0.15, 0.2) is 83.8 Å². The van der Waals surface area contributed by atoms with E-state index in [2.05, 4.69) is 5.32 Å². The van der Waals surface area contributed by atoms with Gasteiger partial charge >= 0.3 is 12.1 Å². The van der Waals surface area contributed by atoms with Gasteiger partial charge in [-0.05, 0) is 54.3 Å². The maximum absolute atomic E-state index is 13.6. The third kappa shape index (κ3) is 7.68. The molecule has 4 rings (SSSR count). The number of carbonyl (C=O) groups is 2. The van der Waals surface area contributed by atoms with Crippen LogP contribution in [0.3, 0.4) is 0 Å². The molecule has 3 aromatic rings. The molecule has 0 aromatic heterocycles. The second-order valence-corrected chi connectivity index (χ2v) is 11.8. The van der Waals surface area contributed by atoms with Crippen LogP contribution < -0.4 is 10.1 Å². The van der Waals surface area contributed by atoms with Crippen molar-refractivity contribution in [3.05, 3.63) is 95.6 Å². The van der Waals surface area contributed by atoms with Gasteiger partial charge in [-0.2, -0.15) is 17.5 Å². The smallest absolute Gasteiger partial charge is 0.416 e. The minimum absolute atomic E-state index is 0.0336. The Bertz CT molecular complexity index is 1480. The van der Waals surface area contributed by atoms with Crippen LogP contribution in [0.4, 0.5) is 13.2 Å². The van der Waals surface area contributed by atoms with E-state index in [0.717, 1.165) is 28.1 Å². The van der Waals surface area contributed by atoms with Gasteiger partial charge in [-0.25, -0.2) is 13.2 Å². The molecular formula is C30H31F3N2O6S. The van der Waals surface area contributed by atoms with E-state index >= 15 is 0 Å². The van der Waals surface area contributed by atoms with Gasteiger partial charge in [0, 0.05) is 13.0 Å². The van der Waals surface area contributed by atoms with Crippen LogP contribution in [-0.2, 0) is 43.6 Å². The van der Waals surface area contributed by atoms with E-state index in [9.17, 15) is 31.2 Å². The third-order valence-corrected chi connectivity index (χ3v) is 8.85. The number of piperidine rings is 1. The Morgan fingerprint density at radius 3 is 2.36 bits per heavy atom. The lowest BCUT2D eigenvalue weighted by molar-refractivity contribution is -0.149. The molecular weight excluding hydrogens is 573 g/mol. The fraction of sp³-hybridized carbons (Fsp3) is 0.333. The number of carbonyl (C=O) groups excluding carboxylic acids is 2. The zero-order valence-corrected chi connectivity index (χ0v) is 23.7. The summed E-state index contributed by atoms with van der Waals surface area (Å²) in [5, 5.41) is 2.66. The Morgan fingerprint density at radius 2 is 1.69 bits per heavy atom. The summed E-state index contributed by atoms with van der Waals surface area (Å²) in [6.07, 6.45) is -3.60. The number of nitrogens with one attached hydrogen (secondary N) is 1. The molecule has 1 aliphatic rings. The average molecular weight is 605 g/mol. The number of benzene rings is 3. The van der Waals surface area contributed by atoms with Crippen LogP contribution in [0, 0.1) is 0 Å². The lowest BCUT2D eigenvalue weighted by Crippen LogP contribution is -2.55. The van der Waals surface area contributed by atoms with Crippen molar-refractivity contribution >= 4 is 21.9 Å². The maximum atomic E-state index is 13.6. The van der Waals surface area contributed by atoms with E-state index in [1.165, 1.54) is 7.11 Å². The molecule has 0 spiro atoms. The molecule has 1 saturated heterocycles. The minimum Gasteiger partial charge on any atom is -0.497 e. The van der Waals surface area contributed by atoms with E-state index in [1.54, 1.807) is 48.5 Å². The second kappa shape index (κ2) is 13.4. The molecule has 2 atom stereocenters. The molecule has 1 N–H and O–H groups in total. The Kier molecular flexibility index (Phi) is 9.89. The number of esters is 1. The zero-order valence-electron chi connectivity index (χ0n) is 22.8.